The minimum absolute atomic E-state index is 0.341. The molecule has 1 aliphatic carbocycles. The van der Waals surface area contributed by atoms with Crippen molar-refractivity contribution in [1.29, 1.82) is 0 Å². The van der Waals surface area contributed by atoms with E-state index in [0.29, 0.717) is 10.8 Å². The minimum Gasteiger partial charge on any atom is -0.317 e. The molecule has 23 heavy (non-hydrogen) atoms. The number of rotatable bonds is 4. The van der Waals surface area contributed by atoms with Crippen molar-refractivity contribution < 1.29 is 8.42 Å². The summed E-state index contributed by atoms with van der Waals surface area (Å²) in [4.78, 5) is 0.386. The maximum atomic E-state index is 12.7. The van der Waals surface area contributed by atoms with E-state index in [0.717, 1.165) is 25.9 Å². The molecule has 0 aromatic heterocycles. The average molecular weight is 337 g/mol. The van der Waals surface area contributed by atoms with Gasteiger partial charge in [-0.25, -0.2) is 13.1 Å². The highest BCUT2D eigenvalue weighted by Gasteiger charge is 2.32. The van der Waals surface area contributed by atoms with Crippen LogP contribution in [0.1, 0.15) is 63.4 Å². The molecule has 0 atom stereocenters. The third-order valence-electron chi connectivity index (χ3n) is 5.35. The number of benzene rings is 1. The molecule has 2 fully saturated rings. The van der Waals surface area contributed by atoms with Gasteiger partial charge < -0.3 is 5.32 Å². The lowest BCUT2D eigenvalue weighted by Crippen LogP contribution is -2.52. The molecule has 0 bridgehead atoms. The predicted molar refractivity (Wildman–Crippen MR) is 93.1 cm³/mol. The van der Waals surface area contributed by atoms with E-state index < -0.39 is 10.0 Å². The highest BCUT2D eigenvalue weighted by Crippen LogP contribution is 2.33. The lowest BCUT2D eigenvalue weighted by atomic mass is 9.84. The van der Waals surface area contributed by atoms with Crippen LogP contribution in [0.4, 0.5) is 0 Å². The molecule has 2 N–H and O–H groups in total. The predicted octanol–water partition coefficient (Wildman–Crippen LogP) is 3.15. The molecular formula is C18H28N2O2S. The van der Waals surface area contributed by atoms with Crippen LogP contribution in [0.15, 0.2) is 29.2 Å². The van der Waals surface area contributed by atoms with Gasteiger partial charge >= 0.3 is 0 Å². The molecular weight excluding hydrogens is 308 g/mol. The molecule has 1 saturated heterocycles. The second-order valence-corrected chi connectivity index (χ2v) is 9.00. The molecule has 4 nitrogen and oxygen atoms in total. The van der Waals surface area contributed by atoms with Crippen molar-refractivity contribution >= 4 is 10.0 Å². The van der Waals surface area contributed by atoms with Crippen molar-refractivity contribution in [3.63, 3.8) is 0 Å². The summed E-state index contributed by atoms with van der Waals surface area (Å²) in [5, 5.41) is 3.27. The second-order valence-electron chi connectivity index (χ2n) is 7.32. The molecule has 1 saturated carbocycles. The minimum atomic E-state index is -3.44. The van der Waals surface area contributed by atoms with Crippen LogP contribution in [0.25, 0.3) is 0 Å². The molecule has 0 unspecified atom stereocenters. The number of nitrogens with one attached hydrogen (secondary N) is 2. The summed E-state index contributed by atoms with van der Waals surface area (Å²) in [5.74, 6) is 0.607. The van der Waals surface area contributed by atoms with Gasteiger partial charge in [-0.15, -0.1) is 0 Å². The maximum Gasteiger partial charge on any atom is 0.241 e. The first-order chi connectivity index (χ1) is 11.0. The fraction of sp³-hybridized carbons (Fsp3) is 0.667. The Morgan fingerprint density at radius 2 is 1.65 bits per heavy atom. The van der Waals surface area contributed by atoms with Gasteiger partial charge in [0, 0.05) is 5.54 Å². The Bertz CT molecular complexity index is 613. The number of hydrogen-bond acceptors (Lipinski definition) is 3. The van der Waals surface area contributed by atoms with Gasteiger partial charge in [0.25, 0.3) is 0 Å². The Hall–Kier alpha value is -0.910. The van der Waals surface area contributed by atoms with E-state index in [4.69, 9.17) is 0 Å². The van der Waals surface area contributed by atoms with E-state index in [1.54, 1.807) is 12.1 Å². The normalized spacial score (nSPS) is 22.8. The molecule has 5 heteroatoms. The number of sulfonamides is 1. The first-order valence-corrected chi connectivity index (χ1v) is 10.3. The molecule has 1 aliphatic heterocycles. The van der Waals surface area contributed by atoms with E-state index in [2.05, 4.69) is 10.0 Å². The van der Waals surface area contributed by atoms with Gasteiger partial charge in [-0.05, 0) is 69.3 Å². The summed E-state index contributed by atoms with van der Waals surface area (Å²) in [6.07, 6.45) is 8.03. The molecule has 0 amide bonds. The Kier molecular flexibility index (Phi) is 5.09. The maximum absolute atomic E-state index is 12.7. The highest BCUT2D eigenvalue weighted by molar-refractivity contribution is 7.89. The Balaban J connectivity index is 1.72. The van der Waals surface area contributed by atoms with Crippen molar-refractivity contribution in [2.45, 2.75) is 68.2 Å². The van der Waals surface area contributed by atoms with Crippen LogP contribution in [0.5, 0.6) is 0 Å². The molecule has 128 valence electrons. The molecule has 2 aliphatic rings. The van der Waals surface area contributed by atoms with Crippen LogP contribution in [0.2, 0.25) is 0 Å². The van der Waals surface area contributed by atoms with Crippen molar-refractivity contribution in [3.8, 4) is 0 Å². The lowest BCUT2D eigenvalue weighted by molar-refractivity contribution is 0.308. The average Bonchev–Trinajstić information content (AvgIpc) is 2.55. The SMILES string of the molecule is CC1(NS(=O)(=O)c2ccc(C3CCCCC3)cc2)CCNCC1. The standard InChI is InChI=1S/C18H28N2O2S/c1-18(11-13-19-14-12-18)20-23(21,22)17-9-7-16(8-10-17)15-5-3-2-4-6-15/h7-10,15,19-20H,2-6,11-14H2,1H3. The monoisotopic (exact) mass is 336 g/mol. The zero-order chi connectivity index (χ0) is 16.3. The van der Waals surface area contributed by atoms with Gasteiger partial charge in [0.1, 0.15) is 0 Å². The van der Waals surface area contributed by atoms with Crippen LogP contribution < -0.4 is 10.0 Å². The number of hydrogen-bond donors (Lipinski definition) is 2. The molecule has 1 heterocycles. The van der Waals surface area contributed by atoms with Crippen molar-refractivity contribution in [2.24, 2.45) is 0 Å². The zero-order valence-electron chi connectivity index (χ0n) is 14.0. The Labute approximate surface area is 140 Å². The smallest absolute Gasteiger partial charge is 0.241 e. The van der Waals surface area contributed by atoms with E-state index in [1.165, 1.54) is 37.7 Å². The van der Waals surface area contributed by atoms with E-state index in [1.807, 2.05) is 19.1 Å². The van der Waals surface area contributed by atoms with E-state index in [-0.39, 0.29) is 5.54 Å². The van der Waals surface area contributed by atoms with Crippen LogP contribution in [0, 0.1) is 0 Å². The first-order valence-electron chi connectivity index (χ1n) is 8.83. The van der Waals surface area contributed by atoms with Gasteiger partial charge in [-0.1, -0.05) is 31.4 Å². The zero-order valence-corrected chi connectivity index (χ0v) is 14.8. The lowest BCUT2D eigenvalue weighted by Gasteiger charge is -2.34. The second kappa shape index (κ2) is 6.91. The fourth-order valence-corrected chi connectivity index (χ4v) is 5.28. The summed E-state index contributed by atoms with van der Waals surface area (Å²) in [6.45, 7) is 3.72. The fourth-order valence-electron chi connectivity index (χ4n) is 3.82. The van der Waals surface area contributed by atoms with Gasteiger partial charge in [0.15, 0.2) is 0 Å². The molecule has 1 aromatic rings. The Morgan fingerprint density at radius 3 is 2.26 bits per heavy atom. The largest absolute Gasteiger partial charge is 0.317 e. The molecule has 0 radical (unpaired) electrons. The molecule has 1 aromatic carbocycles. The van der Waals surface area contributed by atoms with E-state index >= 15 is 0 Å². The number of piperidine rings is 1. The molecule has 0 spiro atoms. The summed E-state index contributed by atoms with van der Waals surface area (Å²) in [5.41, 5.74) is 0.947. The Morgan fingerprint density at radius 1 is 1.04 bits per heavy atom. The van der Waals surface area contributed by atoms with Crippen LogP contribution in [-0.4, -0.2) is 27.0 Å². The van der Waals surface area contributed by atoms with Gasteiger partial charge in [0.2, 0.25) is 10.0 Å². The van der Waals surface area contributed by atoms with Gasteiger partial charge in [-0.2, -0.15) is 0 Å². The summed E-state index contributed by atoms with van der Waals surface area (Å²) in [6, 6.07) is 7.57. The van der Waals surface area contributed by atoms with Crippen molar-refractivity contribution in [1.82, 2.24) is 10.0 Å². The molecule has 3 rings (SSSR count). The van der Waals surface area contributed by atoms with E-state index in [9.17, 15) is 8.42 Å². The van der Waals surface area contributed by atoms with Crippen molar-refractivity contribution in [2.75, 3.05) is 13.1 Å². The van der Waals surface area contributed by atoms with Gasteiger partial charge in [-0.3, -0.25) is 0 Å². The van der Waals surface area contributed by atoms with Gasteiger partial charge in [0.05, 0.1) is 4.90 Å². The van der Waals surface area contributed by atoms with Crippen molar-refractivity contribution in [3.05, 3.63) is 29.8 Å². The quantitative estimate of drug-likeness (QED) is 0.888. The summed E-state index contributed by atoms with van der Waals surface area (Å²) < 4.78 is 28.2. The third-order valence-corrected chi connectivity index (χ3v) is 7.01. The summed E-state index contributed by atoms with van der Waals surface area (Å²) in [7, 11) is -3.44. The van der Waals surface area contributed by atoms with Crippen LogP contribution in [0.3, 0.4) is 0 Å². The third kappa shape index (κ3) is 4.14. The summed E-state index contributed by atoms with van der Waals surface area (Å²) >= 11 is 0. The topological polar surface area (TPSA) is 58.2 Å². The van der Waals surface area contributed by atoms with Crippen LogP contribution >= 0.6 is 0 Å². The first kappa shape index (κ1) is 16.9. The van der Waals surface area contributed by atoms with Crippen LogP contribution in [-0.2, 0) is 10.0 Å². The highest BCUT2D eigenvalue weighted by atomic mass is 32.2.